The number of carbonyl (C=O) groups excluding carboxylic acids is 1. The van der Waals surface area contributed by atoms with Crippen molar-refractivity contribution in [1.29, 1.82) is 0 Å². The molecule has 2 heterocycles. The molecule has 1 aliphatic rings. The molecular weight excluding hydrogens is 393 g/mol. The second-order valence-electron chi connectivity index (χ2n) is 6.70. The van der Waals surface area contributed by atoms with E-state index in [0.717, 1.165) is 5.56 Å². The van der Waals surface area contributed by atoms with Crippen LogP contribution in [0.5, 0.6) is 5.75 Å². The number of nitrogens with zero attached hydrogens (tertiary/aromatic N) is 3. The van der Waals surface area contributed by atoms with Gasteiger partial charge in [-0.2, -0.15) is 18.3 Å². The summed E-state index contributed by atoms with van der Waals surface area (Å²) in [5.74, 6) is -0.495. The van der Waals surface area contributed by atoms with E-state index in [-0.39, 0.29) is 31.8 Å². The number of benzene rings is 1. The lowest BCUT2D eigenvalue weighted by Crippen LogP contribution is -2.44. The number of hydrogen-bond acceptors (Lipinski definition) is 4. The van der Waals surface area contributed by atoms with Crippen LogP contribution in [-0.4, -0.2) is 51.9 Å². The van der Waals surface area contributed by atoms with Crippen molar-refractivity contribution >= 4 is 18.1 Å². The molecule has 0 aliphatic carbocycles. The minimum absolute atomic E-state index is 0.0571. The van der Waals surface area contributed by atoms with Gasteiger partial charge in [0.05, 0.1) is 13.0 Å². The lowest BCUT2D eigenvalue weighted by molar-refractivity contribution is -0.188. The van der Waals surface area contributed by atoms with Gasteiger partial charge in [0.25, 0.3) is 0 Å². The zero-order valence-corrected chi connectivity index (χ0v) is 16.1. The van der Waals surface area contributed by atoms with Gasteiger partial charge in [-0.15, -0.1) is 0 Å². The molecule has 3 rings (SSSR count). The maximum atomic E-state index is 13.0. The molecule has 1 fully saturated rings. The van der Waals surface area contributed by atoms with Crippen LogP contribution in [0.4, 0.5) is 13.2 Å². The van der Waals surface area contributed by atoms with E-state index in [1.807, 2.05) is 12.1 Å². The molecule has 0 radical (unpaired) electrons. The molecule has 1 amide bonds. The van der Waals surface area contributed by atoms with Crippen LogP contribution in [0.3, 0.4) is 0 Å². The molecule has 28 heavy (non-hydrogen) atoms. The summed E-state index contributed by atoms with van der Waals surface area (Å²) in [7, 11) is 1.57. The lowest BCUT2D eigenvalue weighted by Gasteiger charge is -2.33. The topological polar surface area (TPSA) is 63.1 Å². The summed E-state index contributed by atoms with van der Waals surface area (Å²) in [6.07, 6.45) is -3.78. The molecular formula is C18H21F3N4O2S. The normalized spacial score (nSPS) is 17.6. The van der Waals surface area contributed by atoms with Crippen LogP contribution in [0.15, 0.2) is 24.3 Å². The molecule has 1 unspecified atom stereocenters. The summed E-state index contributed by atoms with van der Waals surface area (Å²) in [5, 5.41) is 6.91. The third-order valence-electron chi connectivity index (χ3n) is 4.89. The van der Waals surface area contributed by atoms with E-state index in [1.165, 1.54) is 4.90 Å². The molecule has 152 valence electrons. The average molecular weight is 414 g/mol. The molecule has 1 N–H and O–H groups in total. The van der Waals surface area contributed by atoms with Crippen molar-refractivity contribution in [3.8, 4) is 17.1 Å². The Morgan fingerprint density at radius 2 is 2.07 bits per heavy atom. The first kappa shape index (κ1) is 20.4. The van der Waals surface area contributed by atoms with Gasteiger partial charge in [0.15, 0.2) is 10.6 Å². The number of alkyl halides is 3. The van der Waals surface area contributed by atoms with Gasteiger partial charge in [-0.1, -0.05) is 0 Å². The Bertz CT molecular complexity index is 876. The Labute approximate surface area is 165 Å². The molecule has 0 saturated carbocycles. The van der Waals surface area contributed by atoms with Gasteiger partial charge in [-0.3, -0.25) is 14.5 Å². The van der Waals surface area contributed by atoms with Crippen molar-refractivity contribution in [2.75, 3.05) is 20.2 Å². The van der Waals surface area contributed by atoms with Gasteiger partial charge in [0.1, 0.15) is 5.75 Å². The smallest absolute Gasteiger partial charge is 0.393 e. The molecule has 10 heteroatoms. The highest BCUT2D eigenvalue weighted by Gasteiger charge is 2.42. The van der Waals surface area contributed by atoms with Crippen LogP contribution in [-0.2, 0) is 11.3 Å². The molecule has 6 nitrogen and oxygen atoms in total. The lowest BCUT2D eigenvalue weighted by atomic mass is 9.97. The van der Waals surface area contributed by atoms with Crippen LogP contribution in [0.25, 0.3) is 11.4 Å². The molecule has 1 atom stereocenters. The second-order valence-corrected chi connectivity index (χ2v) is 7.09. The molecule has 2 aromatic rings. The first-order chi connectivity index (χ1) is 13.3. The minimum Gasteiger partial charge on any atom is -0.497 e. The number of H-pyrrole nitrogens is 1. The number of nitrogens with one attached hydrogen (secondary N) is 1. The predicted octanol–water partition coefficient (Wildman–Crippen LogP) is 3.81. The molecule has 0 spiro atoms. The van der Waals surface area contributed by atoms with Gasteiger partial charge in [-0.25, -0.2) is 0 Å². The quantitative estimate of drug-likeness (QED) is 0.756. The first-order valence-corrected chi connectivity index (χ1v) is 9.34. The number of methoxy groups -OCH3 is 1. The third-order valence-corrected chi connectivity index (χ3v) is 5.20. The van der Waals surface area contributed by atoms with E-state index in [2.05, 4.69) is 10.2 Å². The Balaban J connectivity index is 1.68. The van der Waals surface area contributed by atoms with Gasteiger partial charge >= 0.3 is 6.18 Å². The Morgan fingerprint density at radius 1 is 1.36 bits per heavy atom. The number of hydrogen-bond donors (Lipinski definition) is 1. The zero-order valence-electron chi connectivity index (χ0n) is 15.3. The van der Waals surface area contributed by atoms with Gasteiger partial charge in [0.2, 0.25) is 5.91 Å². The van der Waals surface area contributed by atoms with E-state index in [1.54, 1.807) is 23.8 Å². The van der Waals surface area contributed by atoms with E-state index < -0.39 is 12.1 Å². The van der Waals surface area contributed by atoms with Crippen LogP contribution >= 0.6 is 12.2 Å². The summed E-state index contributed by atoms with van der Waals surface area (Å²) in [5.41, 5.74) is 0.788. The number of rotatable bonds is 5. The molecule has 1 aromatic carbocycles. The number of aromatic nitrogens is 3. The van der Waals surface area contributed by atoms with Crippen molar-refractivity contribution in [2.45, 2.75) is 32.0 Å². The summed E-state index contributed by atoms with van der Waals surface area (Å²) >= 11 is 5.24. The molecule has 1 aromatic heterocycles. The fourth-order valence-corrected chi connectivity index (χ4v) is 3.55. The SMILES string of the molecule is COc1ccc(-c2n[nH]c(=S)n2CCC(=O)N2CCCC(C(F)(F)F)C2)cc1. The standard InChI is InChI=1S/C18H21F3N4O2S/c1-27-14-6-4-12(5-7-14)16-22-23-17(28)25(16)10-8-15(26)24-9-2-3-13(11-24)18(19,20)21/h4-7,13H,2-3,8-11H2,1H3,(H,23,28). The van der Waals surface area contributed by atoms with Crippen LogP contribution in [0.1, 0.15) is 19.3 Å². The van der Waals surface area contributed by atoms with Crippen LogP contribution in [0, 0.1) is 10.7 Å². The number of likely N-dealkylation sites (tertiary alicyclic amines) is 1. The highest BCUT2D eigenvalue weighted by molar-refractivity contribution is 7.71. The van der Waals surface area contributed by atoms with Crippen LogP contribution < -0.4 is 4.74 Å². The second kappa shape index (κ2) is 8.34. The predicted molar refractivity (Wildman–Crippen MR) is 99.4 cm³/mol. The van der Waals surface area contributed by atoms with Crippen molar-refractivity contribution in [2.24, 2.45) is 5.92 Å². The molecule has 1 saturated heterocycles. The van der Waals surface area contributed by atoms with Crippen molar-refractivity contribution in [1.82, 2.24) is 19.7 Å². The number of halogens is 3. The Kier molecular flexibility index (Phi) is 6.07. The molecule has 0 bridgehead atoms. The van der Waals surface area contributed by atoms with E-state index in [4.69, 9.17) is 17.0 Å². The maximum Gasteiger partial charge on any atom is 0.393 e. The van der Waals surface area contributed by atoms with Crippen molar-refractivity contribution in [3.05, 3.63) is 29.0 Å². The van der Waals surface area contributed by atoms with Crippen molar-refractivity contribution in [3.63, 3.8) is 0 Å². The Hall–Kier alpha value is -2.36. The summed E-state index contributed by atoms with van der Waals surface area (Å²) in [4.78, 5) is 13.8. The number of aromatic amines is 1. The highest BCUT2D eigenvalue weighted by Crippen LogP contribution is 2.33. The van der Waals surface area contributed by atoms with E-state index in [0.29, 0.717) is 29.3 Å². The highest BCUT2D eigenvalue weighted by atomic mass is 32.1. The maximum absolute atomic E-state index is 13.0. The average Bonchev–Trinajstić information content (AvgIpc) is 3.06. The largest absolute Gasteiger partial charge is 0.497 e. The van der Waals surface area contributed by atoms with E-state index in [9.17, 15) is 18.0 Å². The number of piperidine rings is 1. The fourth-order valence-electron chi connectivity index (χ4n) is 3.32. The number of amides is 1. The summed E-state index contributed by atoms with van der Waals surface area (Å²) in [6.45, 7) is 0.320. The zero-order chi connectivity index (χ0) is 20.3. The first-order valence-electron chi connectivity index (χ1n) is 8.93. The summed E-state index contributed by atoms with van der Waals surface area (Å²) < 4.78 is 46.0. The third kappa shape index (κ3) is 4.54. The fraction of sp³-hybridized carbons (Fsp3) is 0.500. The van der Waals surface area contributed by atoms with Gasteiger partial charge in [-0.05, 0) is 49.3 Å². The minimum atomic E-state index is -4.27. The Morgan fingerprint density at radius 3 is 2.71 bits per heavy atom. The monoisotopic (exact) mass is 414 g/mol. The van der Waals surface area contributed by atoms with Crippen molar-refractivity contribution < 1.29 is 22.7 Å². The van der Waals surface area contributed by atoms with E-state index >= 15 is 0 Å². The number of carbonyl (C=O) groups is 1. The summed E-state index contributed by atoms with van der Waals surface area (Å²) in [6, 6.07) is 7.21. The number of ether oxygens (including phenoxy) is 1. The van der Waals surface area contributed by atoms with Crippen LogP contribution in [0.2, 0.25) is 0 Å². The molecule has 1 aliphatic heterocycles. The van der Waals surface area contributed by atoms with Gasteiger partial charge < -0.3 is 9.64 Å². The van der Waals surface area contributed by atoms with Gasteiger partial charge in [0, 0.05) is 31.6 Å².